The van der Waals surface area contributed by atoms with Gasteiger partial charge in [0.05, 0.1) is 0 Å². The number of carbonyl (C=O) groups excluding carboxylic acids is 1. The average Bonchev–Trinajstić information content (AvgIpc) is 3.19. The van der Waals surface area contributed by atoms with Crippen LogP contribution in [0.4, 0.5) is 19.6 Å². The third kappa shape index (κ3) is 3.34. The lowest BCUT2D eigenvalue weighted by Crippen LogP contribution is -2.53. The van der Waals surface area contributed by atoms with Crippen molar-refractivity contribution in [2.24, 2.45) is 5.41 Å². The number of pyridine rings is 1. The number of amides is 1. The fourth-order valence-corrected chi connectivity index (χ4v) is 5.42. The van der Waals surface area contributed by atoms with Crippen molar-refractivity contribution in [3.63, 3.8) is 0 Å². The molecule has 26 heavy (non-hydrogen) atoms. The minimum atomic E-state index is -0.923. The Morgan fingerprint density at radius 2 is 1.88 bits per heavy atom. The maximum atomic E-state index is 13.2. The van der Waals surface area contributed by atoms with Crippen LogP contribution in [0.5, 0.6) is 0 Å². The zero-order valence-corrected chi connectivity index (χ0v) is 16.2. The lowest BCUT2D eigenvalue weighted by molar-refractivity contribution is 0.0579. The summed E-state index contributed by atoms with van der Waals surface area (Å²) < 4.78 is 27.0. The molecule has 2 N–H and O–H groups in total. The Morgan fingerprint density at radius 1 is 1.19 bits per heavy atom. The van der Waals surface area contributed by atoms with E-state index in [1.54, 1.807) is 0 Å². The summed E-state index contributed by atoms with van der Waals surface area (Å²) in [7, 11) is 0. The van der Waals surface area contributed by atoms with Crippen LogP contribution in [0.1, 0.15) is 49.0 Å². The van der Waals surface area contributed by atoms with Crippen LogP contribution in [0.2, 0.25) is 0 Å². The monoisotopic (exact) mass is 442 g/mol. The van der Waals surface area contributed by atoms with Crippen LogP contribution in [0.15, 0.2) is 15.9 Å². The molecule has 0 aliphatic heterocycles. The maximum absolute atomic E-state index is 13.2. The van der Waals surface area contributed by atoms with Crippen molar-refractivity contribution in [2.45, 2.75) is 44.6 Å². The van der Waals surface area contributed by atoms with Gasteiger partial charge in [-0.2, -0.15) is 13.8 Å². The van der Waals surface area contributed by atoms with E-state index in [1.165, 1.54) is 43.4 Å². The number of hydrogen-bond donors (Lipinski definition) is 2. The molecule has 2 aliphatic carbocycles. The van der Waals surface area contributed by atoms with Crippen LogP contribution in [-0.4, -0.2) is 21.9 Å². The Morgan fingerprint density at radius 3 is 2.50 bits per heavy atom. The highest BCUT2D eigenvalue weighted by Crippen LogP contribution is 2.53. The van der Waals surface area contributed by atoms with Crippen LogP contribution in [-0.2, 0) is 0 Å². The predicted octanol–water partition coefficient (Wildman–Crippen LogP) is 4.78. The molecule has 1 atom stereocenters. The molecule has 2 aromatic heterocycles. The number of aromatic nitrogens is 2. The van der Waals surface area contributed by atoms with E-state index in [4.69, 9.17) is 0 Å². The molecular weight excluding hydrogens is 426 g/mol. The van der Waals surface area contributed by atoms with Gasteiger partial charge in [0.25, 0.3) is 5.91 Å². The first-order valence-electron chi connectivity index (χ1n) is 8.52. The Balaban J connectivity index is 1.46. The van der Waals surface area contributed by atoms with Gasteiger partial charge >= 0.3 is 0 Å². The highest BCUT2D eigenvalue weighted by molar-refractivity contribution is 9.11. The standard InChI is InChI=1S/C17H17BrF2N4OS/c18-14-13(15(25)22-10-3-6-17(10)4-1-2-5-17)24-16(26-14)21-9-7-11(19)23-12(20)8-9/h7-8,10H,1-6H2,(H,22,25)(H,21,23,24). The number of anilines is 2. The second kappa shape index (κ2) is 6.84. The van der Waals surface area contributed by atoms with Crippen molar-refractivity contribution in [1.29, 1.82) is 0 Å². The smallest absolute Gasteiger partial charge is 0.272 e. The molecular formula is C17H17BrF2N4OS. The summed E-state index contributed by atoms with van der Waals surface area (Å²) in [6, 6.07) is 2.35. The van der Waals surface area contributed by atoms with Crippen molar-refractivity contribution >= 4 is 44.0 Å². The van der Waals surface area contributed by atoms with Gasteiger partial charge < -0.3 is 10.6 Å². The van der Waals surface area contributed by atoms with Crippen LogP contribution in [0.3, 0.4) is 0 Å². The van der Waals surface area contributed by atoms with E-state index >= 15 is 0 Å². The number of rotatable bonds is 4. The third-order valence-electron chi connectivity index (χ3n) is 5.39. The lowest BCUT2D eigenvalue weighted by Gasteiger charge is -2.47. The molecule has 1 unspecified atom stereocenters. The molecule has 0 bridgehead atoms. The highest BCUT2D eigenvalue weighted by Gasteiger charge is 2.48. The van der Waals surface area contributed by atoms with E-state index in [2.05, 4.69) is 36.5 Å². The first-order chi connectivity index (χ1) is 12.4. The summed E-state index contributed by atoms with van der Waals surface area (Å²) in [6.07, 6.45) is 7.03. The second-order valence-electron chi connectivity index (χ2n) is 6.90. The van der Waals surface area contributed by atoms with Crippen molar-refractivity contribution < 1.29 is 13.6 Å². The quantitative estimate of drug-likeness (QED) is 0.668. The van der Waals surface area contributed by atoms with Crippen molar-refractivity contribution in [3.05, 3.63) is 33.5 Å². The summed E-state index contributed by atoms with van der Waals surface area (Å²) >= 11 is 4.55. The fourth-order valence-electron chi connectivity index (χ4n) is 3.98. The zero-order valence-electron chi connectivity index (χ0n) is 13.8. The number of nitrogens with one attached hydrogen (secondary N) is 2. The first-order valence-corrected chi connectivity index (χ1v) is 10.1. The van der Waals surface area contributed by atoms with Crippen molar-refractivity contribution in [1.82, 2.24) is 15.3 Å². The molecule has 2 aliphatic rings. The molecule has 1 amide bonds. The Labute approximate surface area is 161 Å². The number of halogens is 3. The largest absolute Gasteiger partial charge is 0.347 e. The fraction of sp³-hybridized carbons (Fsp3) is 0.471. The molecule has 2 heterocycles. The van der Waals surface area contributed by atoms with Crippen molar-refractivity contribution in [3.8, 4) is 0 Å². The Bertz CT molecular complexity index is 833. The van der Waals surface area contributed by atoms with E-state index in [1.807, 2.05) is 0 Å². The van der Waals surface area contributed by atoms with Crippen LogP contribution >= 0.6 is 27.3 Å². The average molecular weight is 443 g/mol. The minimum Gasteiger partial charge on any atom is -0.347 e. The second-order valence-corrected chi connectivity index (χ2v) is 9.22. The van der Waals surface area contributed by atoms with Gasteiger partial charge in [0.2, 0.25) is 11.9 Å². The number of nitrogens with zero attached hydrogens (tertiary/aromatic N) is 2. The van der Waals surface area contributed by atoms with Gasteiger partial charge in [-0.15, -0.1) is 0 Å². The molecule has 2 fully saturated rings. The number of carbonyl (C=O) groups is 1. The topological polar surface area (TPSA) is 66.9 Å². The first kappa shape index (κ1) is 17.8. The molecule has 1 spiro atoms. The summed E-state index contributed by atoms with van der Waals surface area (Å²) in [4.78, 5) is 19.9. The molecule has 0 radical (unpaired) electrons. The van der Waals surface area contributed by atoms with E-state index in [-0.39, 0.29) is 28.7 Å². The number of thiazole rings is 1. The maximum Gasteiger partial charge on any atom is 0.272 e. The molecule has 9 heteroatoms. The van der Waals surface area contributed by atoms with Gasteiger partial charge in [-0.05, 0) is 47.0 Å². The zero-order chi connectivity index (χ0) is 18.3. The van der Waals surface area contributed by atoms with Gasteiger partial charge in [0.1, 0.15) is 3.79 Å². The summed E-state index contributed by atoms with van der Waals surface area (Å²) in [5.41, 5.74) is 0.755. The Hall–Kier alpha value is -1.61. The summed E-state index contributed by atoms with van der Waals surface area (Å²) in [5, 5.41) is 6.30. The molecule has 4 rings (SSSR count). The molecule has 2 aromatic rings. The molecule has 0 aromatic carbocycles. The molecule has 5 nitrogen and oxygen atoms in total. The van der Waals surface area contributed by atoms with Crippen LogP contribution in [0, 0.1) is 17.3 Å². The summed E-state index contributed by atoms with van der Waals surface area (Å²) in [5.74, 6) is -2.06. The number of hydrogen-bond acceptors (Lipinski definition) is 5. The highest BCUT2D eigenvalue weighted by atomic mass is 79.9. The van der Waals surface area contributed by atoms with Crippen molar-refractivity contribution in [2.75, 3.05) is 5.32 Å². The van der Waals surface area contributed by atoms with Gasteiger partial charge in [-0.1, -0.05) is 24.2 Å². The van der Waals surface area contributed by atoms with E-state index in [0.29, 0.717) is 8.92 Å². The SMILES string of the molecule is O=C(NC1CCC12CCCC2)c1nc(Nc2cc(F)nc(F)c2)sc1Br. The van der Waals surface area contributed by atoms with Gasteiger partial charge in [0, 0.05) is 23.9 Å². The molecule has 0 saturated heterocycles. The Kier molecular flexibility index (Phi) is 4.68. The van der Waals surface area contributed by atoms with E-state index in [0.717, 1.165) is 18.6 Å². The predicted molar refractivity (Wildman–Crippen MR) is 98.6 cm³/mol. The van der Waals surface area contributed by atoms with Gasteiger partial charge in [0.15, 0.2) is 10.8 Å². The van der Waals surface area contributed by atoms with Gasteiger partial charge in [-0.25, -0.2) is 4.98 Å². The van der Waals surface area contributed by atoms with E-state index in [9.17, 15) is 13.6 Å². The molecule has 138 valence electrons. The normalized spacial score (nSPS) is 20.8. The molecule has 2 saturated carbocycles. The van der Waals surface area contributed by atoms with Gasteiger partial charge in [-0.3, -0.25) is 4.79 Å². The van der Waals surface area contributed by atoms with Crippen LogP contribution < -0.4 is 10.6 Å². The third-order valence-corrected chi connectivity index (χ3v) is 7.01. The summed E-state index contributed by atoms with van der Waals surface area (Å²) in [6.45, 7) is 0. The minimum absolute atomic E-state index is 0.187. The lowest BCUT2D eigenvalue weighted by atomic mass is 9.63. The van der Waals surface area contributed by atoms with Crippen LogP contribution in [0.25, 0.3) is 0 Å². The van der Waals surface area contributed by atoms with E-state index < -0.39 is 11.9 Å².